The fraction of sp³-hybridized carbons (Fsp3) is 0.455. The summed E-state index contributed by atoms with van der Waals surface area (Å²) in [7, 11) is 0. The van der Waals surface area contributed by atoms with Crippen LogP contribution in [0.5, 0.6) is 0 Å². The number of benzene rings is 1. The Morgan fingerprint density at radius 2 is 2.00 bits per heavy atom. The Morgan fingerprint density at radius 3 is 2.43 bits per heavy atom. The summed E-state index contributed by atoms with van der Waals surface area (Å²) in [6.45, 7) is 5.71. The fourth-order valence-corrected chi connectivity index (χ4v) is 1.42. The second kappa shape index (κ2) is 3.87. The first kappa shape index (κ1) is 11.5. The Labute approximate surface area is 89.1 Å². The molecule has 0 fully saturated rings. The highest BCUT2D eigenvalue weighted by molar-refractivity contribution is 6.30. The van der Waals surface area contributed by atoms with Crippen molar-refractivity contribution in [3.63, 3.8) is 0 Å². The van der Waals surface area contributed by atoms with E-state index in [4.69, 9.17) is 17.3 Å². The molecule has 0 amide bonds. The first-order chi connectivity index (χ1) is 6.35. The second-order valence-electron chi connectivity index (χ2n) is 4.13. The van der Waals surface area contributed by atoms with Gasteiger partial charge in [-0.15, -0.1) is 0 Å². The van der Waals surface area contributed by atoms with Crippen LogP contribution >= 0.6 is 11.6 Å². The zero-order valence-corrected chi connectivity index (χ0v) is 9.40. The molecule has 0 aliphatic carbocycles. The van der Waals surface area contributed by atoms with Crippen LogP contribution in [0.3, 0.4) is 0 Å². The SMILES string of the molecule is CC(N)C(C)(C)c1ccc(Cl)cc1F. The maximum Gasteiger partial charge on any atom is 0.128 e. The van der Waals surface area contributed by atoms with E-state index in [9.17, 15) is 4.39 Å². The smallest absolute Gasteiger partial charge is 0.128 e. The van der Waals surface area contributed by atoms with E-state index in [2.05, 4.69) is 0 Å². The maximum absolute atomic E-state index is 13.6. The molecular formula is C11H15ClFN. The van der Waals surface area contributed by atoms with Crippen LogP contribution in [-0.2, 0) is 5.41 Å². The number of nitrogens with two attached hydrogens (primary N) is 1. The molecule has 1 rings (SSSR count). The Morgan fingerprint density at radius 1 is 1.43 bits per heavy atom. The van der Waals surface area contributed by atoms with Gasteiger partial charge in [-0.1, -0.05) is 31.5 Å². The highest BCUT2D eigenvalue weighted by Crippen LogP contribution is 2.29. The molecule has 0 aromatic heterocycles. The number of halogens is 2. The third kappa shape index (κ3) is 2.07. The molecule has 0 saturated carbocycles. The van der Waals surface area contributed by atoms with Crippen LogP contribution in [0.2, 0.25) is 5.02 Å². The van der Waals surface area contributed by atoms with Crippen molar-refractivity contribution in [2.45, 2.75) is 32.2 Å². The molecule has 1 nitrogen and oxygen atoms in total. The predicted molar refractivity (Wildman–Crippen MR) is 58.1 cm³/mol. The van der Waals surface area contributed by atoms with Gasteiger partial charge >= 0.3 is 0 Å². The highest BCUT2D eigenvalue weighted by Gasteiger charge is 2.28. The monoisotopic (exact) mass is 215 g/mol. The van der Waals surface area contributed by atoms with E-state index < -0.39 is 0 Å². The van der Waals surface area contributed by atoms with Gasteiger partial charge < -0.3 is 5.73 Å². The molecule has 0 aliphatic heterocycles. The van der Waals surface area contributed by atoms with Gasteiger partial charge in [0.05, 0.1) is 0 Å². The number of rotatable bonds is 2. The fourth-order valence-electron chi connectivity index (χ4n) is 1.26. The first-order valence-corrected chi connectivity index (χ1v) is 4.94. The second-order valence-corrected chi connectivity index (χ2v) is 4.57. The van der Waals surface area contributed by atoms with Crippen molar-refractivity contribution >= 4 is 11.6 Å². The topological polar surface area (TPSA) is 26.0 Å². The van der Waals surface area contributed by atoms with Crippen LogP contribution in [0, 0.1) is 5.82 Å². The molecule has 1 aromatic carbocycles. The minimum Gasteiger partial charge on any atom is -0.327 e. The van der Waals surface area contributed by atoms with Crippen molar-refractivity contribution in [1.82, 2.24) is 0 Å². The van der Waals surface area contributed by atoms with E-state index >= 15 is 0 Å². The van der Waals surface area contributed by atoms with Gasteiger partial charge in [0.1, 0.15) is 5.82 Å². The van der Waals surface area contributed by atoms with E-state index in [1.165, 1.54) is 6.07 Å². The molecule has 1 aromatic rings. The largest absolute Gasteiger partial charge is 0.327 e. The summed E-state index contributed by atoms with van der Waals surface area (Å²) in [4.78, 5) is 0. The van der Waals surface area contributed by atoms with Gasteiger partial charge in [-0.25, -0.2) is 4.39 Å². The van der Waals surface area contributed by atoms with Crippen LogP contribution in [0.1, 0.15) is 26.3 Å². The summed E-state index contributed by atoms with van der Waals surface area (Å²) < 4.78 is 13.6. The molecule has 0 radical (unpaired) electrons. The molecule has 1 atom stereocenters. The van der Waals surface area contributed by atoms with Crippen molar-refractivity contribution in [3.05, 3.63) is 34.6 Å². The number of hydrogen-bond donors (Lipinski definition) is 1. The molecule has 14 heavy (non-hydrogen) atoms. The van der Waals surface area contributed by atoms with Crippen LogP contribution < -0.4 is 5.73 Å². The van der Waals surface area contributed by atoms with Crippen molar-refractivity contribution in [1.29, 1.82) is 0 Å². The zero-order chi connectivity index (χ0) is 10.9. The summed E-state index contributed by atoms with van der Waals surface area (Å²) in [6.07, 6.45) is 0. The van der Waals surface area contributed by atoms with E-state index in [1.807, 2.05) is 20.8 Å². The average molecular weight is 216 g/mol. The summed E-state index contributed by atoms with van der Waals surface area (Å²) in [5.74, 6) is -0.292. The summed E-state index contributed by atoms with van der Waals surface area (Å²) in [6, 6.07) is 4.59. The molecule has 1 unspecified atom stereocenters. The van der Waals surface area contributed by atoms with E-state index in [-0.39, 0.29) is 17.3 Å². The van der Waals surface area contributed by atoms with Crippen molar-refractivity contribution in [3.8, 4) is 0 Å². The Bertz CT molecular complexity index is 334. The summed E-state index contributed by atoms with van der Waals surface area (Å²) >= 11 is 5.68. The van der Waals surface area contributed by atoms with E-state index in [0.717, 1.165) is 0 Å². The van der Waals surface area contributed by atoms with Crippen LogP contribution in [-0.4, -0.2) is 6.04 Å². The van der Waals surface area contributed by atoms with Gasteiger partial charge in [-0.2, -0.15) is 0 Å². The van der Waals surface area contributed by atoms with Gasteiger partial charge in [0.2, 0.25) is 0 Å². The lowest BCUT2D eigenvalue weighted by atomic mass is 9.79. The Balaban J connectivity index is 3.19. The quantitative estimate of drug-likeness (QED) is 0.806. The molecule has 2 N–H and O–H groups in total. The van der Waals surface area contributed by atoms with Crippen molar-refractivity contribution in [2.24, 2.45) is 5.73 Å². The lowest BCUT2D eigenvalue weighted by Crippen LogP contribution is -2.38. The maximum atomic E-state index is 13.6. The molecular weight excluding hydrogens is 201 g/mol. The van der Waals surface area contributed by atoms with Crippen molar-refractivity contribution < 1.29 is 4.39 Å². The minimum absolute atomic E-state index is 0.113. The van der Waals surface area contributed by atoms with Crippen molar-refractivity contribution in [2.75, 3.05) is 0 Å². The number of hydrogen-bond acceptors (Lipinski definition) is 1. The average Bonchev–Trinajstić information content (AvgIpc) is 2.02. The molecule has 0 heterocycles. The molecule has 3 heteroatoms. The third-order valence-corrected chi connectivity index (χ3v) is 3.00. The van der Waals surface area contributed by atoms with Gasteiger partial charge in [0.15, 0.2) is 0 Å². The summed E-state index contributed by atoms with van der Waals surface area (Å²) in [5.41, 5.74) is 6.04. The third-order valence-electron chi connectivity index (χ3n) is 2.76. The zero-order valence-electron chi connectivity index (χ0n) is 8.64. The summed E-state index contributed by atoms with van der Waals surface area (Å²) in [5, 5.41) is 0.409. The minimum atomic E-state index is -0.380. The van der Waals surface area contributed by atoms with Crippen LogP contribution in [0.4, 0.5) is 4.39 Å². The lowest BCUT2D eigenvalue weighted by molar-refractivity contribution is 0.412. The molecule has 0 bridgehead atoms. The predicted octanol–water partition coefficient (Wildman–Crippen LogP) is 3.10. The van der Waals surface area contributed by atoms with Gasteiger partial charge in [-0.05, 0) is 24.6 Å². The molecule has 0 aliphatic rings. The first-order valence-electron chi connectivity index (χ1n) is 4.57. The van der Waals surface area contributed by atoms with E-state index in [0.29, 0.717) is 10.6 Å². The Kier molecular flexibility index (Phi) is 3.17. The Hall–Kier alpha value is -0.600. The van der Waals surface area contributed by atoms with Crippen LogP contribution in [0.15, 0.2) is 18.2 Å². The normalized spacial score (nSPS) is 14.1. The lowest BCUT2D eigenvalue weighted by Gasteiger charge is -2.29. The highest BCUT2D eigenvalue weighted by atomic mass is 35.5. The van der Waals surface area contributed by atoms with Gasteiger partial charge in [0.25, 0.3) is 0 Å². The molecule has 0 saturated heterocycles. The van der Waals surface area contributed by atoms with Gasteiger partial charge in [0, 0.05) is 16.5 Å². The van der Waals surface area contributed by atoms with E-state index in [1.54, 1.807) is 12.1 Å². The van der Waals surface area contributed by atoms with Crippen LogP contribution in [0.25, 0.3) is 0 Å². The molecule has 78 valence electrons. The standard InChI is InChI=1S/C11H15ClFN/c1-7(14)11(2,3)9-5-4-8(12)6-10(9)13/h4-7H,14H2,1-3H3. The molecule has 0 spiro atoms. The van der Waals surface area contributed by atoms with Gasteiger partial charge in [-0.3, -0.25) is 0 Å².